The van der Waals surface area contributed by atoms with Crippen LogP contribution in [0.15, 0.2) is 47.1 Å². The van der Waals surface area contributed by atoms with Crippen molar-refractivity contribution in [3.63, 3.8) is 0 Å². The molecule has 2 rings (SSSR count). The number of ether oxygens (including phenoxy) is 2. The monoisotopic (exact) mass is 371 g/mol. The Balaban J connectivity index is 2.84. The van der Waals surface area contributed by atoms with Gasteiger partial charge in [-0.25, -0.2) is 4.79 Å². The van der Waals surface area contributed by atoms with Crippen molar-refractivity contribution in [3.05, 3.63) is 62.7 Å². The van der Waals surface area contributed by atoms with E-state index < -0.39 is 22.2 Å². The quantitative estimate of drug-likeness (QED) is 0.488. The number of benzene rings is 1. The fourth-order valence-corrected chi connectivity index (χ4v) is 2.95. The molecule has 0 saturated carbocycles. The number of hydrogen-bond acceptors (Lipinski definition) is 7. The maximum absolute atomic E-state index is 12.5. The molecule has 0 radical (unpaired) electrons. The molecule has 8 heteroatoms. The van der Waals surface area contributed by atoms with Gasteiger partial charge in [-0.3, -0.25) is 10.1 Å². The van der Waals surface area contributed by atoms with Gasteiger partial charge in [0.2, 0.25) is 5.88 Å². The third kappa shape index (κ3) is 3.77. The zero-order chi connectivity index (χ0) is 20.4. The highest BCUT2D eigenvalue weighted by Gasteiger charge is 2.42. The highest BCUT2D eigenvalue weighted by atomic mass is 16.6. The zero-order valence-corrected chi connectivity index (χ0v) is 15.6. The second kappa shape index (κ2) is 7.50. The van der Waals surface area contributed by atoms with E-state index in [1.807, 2.05) is 20.8 Å². The fourth-order valence-electron chi connectivity index (χ4n) is 2.95. The van der Waals surface area contributed by atoms with E-state index in [0.717, 1.165) is 0 Å². The summed E-state index contributed by atoms with van der Waals surface area (Å²) >= 11 is 0. The van der Waals surface area contributed by atoms with E-state index in [4.69, 9.17) is 15.2 Å². The molecule has 0 aliphatic carbocycles. The summed E-state index contributed by atoms with van der Waals surface area (Å²) in [5.41, 5.74) is 5.33. The van der Waals surface area contributed by atoms with Gasteiger partial charge in [0, 0.05) is 17.0 Å². The Hall–Kier alpha value is -3.34. The van der Waals surface area contributed by atoms with E-state index in [2.05, 4.69) is 6.07 Å². The van der Waals surface area contributed by atoms with Crippen LogP contribution in [0.5, 0.6) is 0 Å². The molecule has 1 heterocycles. The van der Waals surface area contributed by atoms with E-state index in [0.29, 0.717) is 0 Å². The summed E-state index contributed by atoms with van der Waals surface area (Å²) in [4.78, 5) is 23.5. The summed E-state index contributed by atoms with van der Waals surface area (Å²) in [5.74, 6) is -1.79. The molecule has 0 aromatic heterocycles. The van der Waals surface area contributed by atoms with Crippen molar-refractivity contribution in [3.8, 4) is 6.07 Å². The smallest absolute Gasteiger partial charge is 0.340 e. The van der Waals surface area contributed by atoms with Crippen LogP contribution >= 0.6 is 0 Å². The minimum Gasteiger partial charge on any atom is -0.462 e. The molecule has 0 spiro atoms. The van der Waals surface area contributed by atoms with Crippen LogP contribution in [0, 0.1) is 26.9 Å². The first kappa shape index (κ1) is 20.0. The molecule has 1 aliphatic rings. The second-order valence-corrected chi connectivity index (χ2v) is 6.95. The fraction of sp³-hybridized carbons (Fsp3) is 0.368. The van der Waals surface area contributed by atoms with Crippen LogP contribution in [0.2, 0.25) is 0 Å². The minimum absolute atomic E-state index is 0.0803. The summed E-state index contributed by atoms with van der Waals surface area (Å²) in [5, 5.41) is 21.4. The summed E-state index contributed by atoms with van der Waals surface area (Å²) in [6, 6.07) is 7.98. The standard InChI is InChI=1S/C19H21N3O5/c1-5-26-18(23)15-14(11-8-6-7-9-13(11)22(24)25)12(10-20)16(19(2,3)4)27-17(15)21/h6-9,14H,5,21H2,1-4H3. The molecule has 0 amide bonds. The molecule has 1 aromatic carbocycles. The summed E-state index contributed by atoms with van der Waals surface area (Å²) in [6.07, 6.45) is 0. The molecule has 1 unspecified atom stereocenters. The van der Waals surface area contributed by atoms with Crippen LogP contribution in [0.3, 0.4) is 0 Å². The maximum Gasteiger partial charge on any atom is 0.340 e. The third-order valence-electron chi connectivity index (χ3n) is 4.04. The van der Waals surface area contributed by atoms with Crippen LogP contribution in [0.4, 0.5) is 5.69 Å². The van der Waals surface area contributed by atoms with Crippen LogP contribution in [-0.4, -0.2) is 17.5 Å². The summed E-state index contributed by atoms with van der Waals surface area (Å²) in [6.45, 7) is 7.16. The van der Waals surface area contributed by atoms with E-state index in [9.17, 15) is 20.2 Å². The number of hydrogen-bond donors (Lipinski definition) is 1. The lowest BCUT2D eigenvalue weighted by Crippen LogP contribution is -2.30. The molecule has 0 bridgehead atoms. The second-order valence-electron chi connectivity index (χ2n) is 6.95. The number of nitrogens with zero attached hydrogens (tertiary/aromatic N) is 2. The first-order valence-electron chi connectivity index (χ1n) is 8.36. The van der Waals surface area contributed by atoms with Crippen molar-refractivity contribution in [1.82, 2.24) is 0 Å². The zero-order valence-electron chi connectivity index (χ0n) is 15.6. The average molecular weight is 371 g/mol. The van der Waals surface area contributed by atoms with Crippen LogP contribution < -0.4 is 5.73 Å². The van der Waals surface area contributed by atoms with Gasteiger partial charge in [0.25, 0.3) is 5.69 Å². The van der Waals surface area contributed by atoms with E-state index in [1.54, 1.807) is 13.0 Å². The maximum atomic E-state index is 12.5. The highest BCUT2D eigenvalue weighted by molar-refractivity contribution is 5.93. The van der Waals surface area contributed by atoms with Gasteiger partial charge in [-0.15, -0.1) is 0 Å². The number of rotatable bonds is 4. The number of nitro benzene ring substituents is 1. The van der Waals surface area contributed by atoms with E-state index >= 15 is 0 Å². The van der Waals surface area contributed by atoms with Gasteiger partial charge >= 0.3 is 5.97 Å². The Labute approximate surface area is 157 Å². The minimum atomic E-state index is -1.06. The number of allylic oxidation sites excluding steroid dienone is 2. The van der Waals surface area contributed by atoms with E-state index in [1.165, 1.54) is 18.2 Å². The molecule has 0 saturated heterocycles. The Morgan fingerprint density at radius 1 is 1.41 bits per heavy atom. The number of nitriles is 1. The van der Waals surface area contributed by atoms with Gasteiger partial charge < -0.3 is 15.2 Å². The summed E-state index contributed by atoms with van der Waals surface area (Å²) < 4.78 is 10.7. The molecule has 1 aliphatic heterocycles. The number of para-hydroxylation sites is 1. The lowest BCUT2D eigenvalue weighted by Gasteiger charge is -2.33. The average Bonchev–Trinajstić information content (AvgIpc) is 2.60. The van der Waals surface area contributed by atoms with E-state index in [-0.39, 0.29) is 40.6 Å². The predicted octanol–water partition coefficient (Wildman–Crippen LogP) is 3.27. The SMILES string of the molecule is CCOC(=O)C1=C(N)OC(C(C)(C)C)=C(C#N)C1c1ccccc1[N+](=O)[O-]. The topological polar surface area (TPSA) is 128 Å². The van der Waals surface area contributed by atoms with Gasteiger partial charge in [0.05, 0.1) is 29.1 Å². The molecule has 8 nitrogen and oxygen atoms in total. The number of nitro groups is 1. The van der Waals surface area contributed by atoms with Gasteiger partial charge in [0.15, 0.2) is 0 Å². The largest absolute Gasteiger partial charge is 0.462 e. The van der Waals surface area contributed by atoms with Crippen LogP contribution in [-0.2, 0) is 14.3 Å². The van der Waals surface area contributed by atoms with Crippen molar-refractivity contribution in [1.29, 1.82) is 5.26 Å². The van der Waals surface area contributed by atoms with Gasteiger partial charge in [0.1, 0.15) is 11.3 Å². The van der Waals surface area contributed by atoms with Crippen molar-refractivity contribution in [2.75, 3.05) is 6.61 Å². The Bertz CT molecular complexity index is 887. The predicted molar refractivity (Wildman–Crippen MR) is 96.9 cm³/mol. The Kier molecular flexibility index (Phi) is 5.55. The molecule has 142 valence electrons. The van der Waals surface area contributed by atoms with Gasteiger partial charge in [-0.2, -0.15) is 5.26 Å². The third-order valence-corrected chi connectivity index (χ3v) is 4.04. The van der Waals surface area contributed by atoms with Crippen LogP contribution in [0.25, 0.3) is 0 Å². The number of esters is 1. The van der Waals surface area contributed by atoms with Crippen molar-refractivity contribution in [2.24, 2.45) is 11.1 Å². The number of carbonyl (C=O) groups is 1. The molecule has 0 fully saturated rings. The van der Waals surface area contributed by atoms with Gasteiger partial charge in [-0.1, -0.05) is 39.0 Å². The first-order chi connectivity index (χ1) is 12.6. The van der Waals surface area contributed by atoms with Crippen molar-refractivity contribution >= 4 is 11.7 Å². The van der Waals surface area contributed by atoms with Gasteiger partial charge in [-0.05, 0) is 6.92 Å². The summed E-state index contributed by atoms with van der Waals surface area (Å²) in [7, 11) is 0. The number of carbonyl (C=O) groups excluding carboxylic acids is 1. The molecule has 1 atom stereocenters. The molecular weight excluding hydrogens is 350 g/mol. The normalized spacial score (nSPS) is 17.2. The molecule has 1 aromatic rings. The first-order valence-corrected chi connectivity index (χ1v) is 8.36. The van der Waals surface area contributed by atoms with Crippen molar-refractivity contribution in [2.45, 2.75) is 33.6 Å². The number of nitrogens with two attached hydrogens (primary N) is 1. The molecular formula is C19H21N3O5. The lowest BCUT2D eigenvalue weighted by atomic mass is 9.78. The highest BCUT2D eigenvalue weighted by Crippen LogP contribution is 2.46. The van der Waals surface area contributed by atoms with Crippen molar-refractivity contribution < 1.29 is 19.2 Å². The molecule has 2 N–H and O–H groups in total. The molecule has 27 heavy (non-hydrogen) atoms. The van der Waals surface area contributed by atoms with Crippen LogP contribution in [0.1, 0.15) is 39.2 Å². The Morgan fingerprint density at radius 3 is 2.56 bits per heavy atom. The Morgan fingerprint density at radius 2 is 2.04 bits per heavy atom. The lowest BCUT2D eigenvalue weighted by molar-refractivity contribution is -0.385.